The minimum Gasteiger partial charge on any atom is -0.275 e. The topological polar surface area (TPSA) is 50.2 Å². The molecule has 0 atom stereocenters. The lowest BCUT2D eigenvalue weighted by molar-refractivity contribution is 0.630. The highest BCUT2D eigenvalue weighted by Gasteiger charge is 2.17. The van der Waals surface area contributed by atoms with Gasteiger partial charge in [0.25, 0.3) is 0 Å². The van der Waals surface area contributed by atoms with Crippen LogP contribution in [0.5, 0.6) is 0 Å². The number of hydrazone groups is 1. The largest absolute Gasteiger partial charge is 0.275 e. The Morgan fingerprint density at radius 1 is 0.750 bits per heavy atom. The van der Waals surface area contributed by atoms with Crippen molar-refractivity contribution in [3.8, 4) is 0 Å². The monoisotopic (exact) mass is 404 g/mol. The number of thiazole rings is 2. The van der Waals surface area contributed by atoms with E-state index in [4.69, 9.17) is 9.97 Å². The van der Waals surface area contributed by atoms with Crippen LogP contribution in [0.2, 0.25) is 0 Å². The van der Waals surface area contributed by atoms with Crippen LogP contribution in [0.25, 0.3) is 20.4 Å². The highest BCUT2D eigenvalue weighted by Crippen LogP contribution is 2.28. The Morgan fingerprint density at radius 3 is 1.86 bits per heavy atom. The number of para-hydroxylation sites is 3. The normalized spacial score (nSPS) is 11.0. The molecule has 0 amide bonds. The molecule has 2 aromatic heterocycles. The van der Waals surface area contributed by atoms with Crippen molar-refractivity contribution in [3.63, 3.8) is 0 Å². The fourth-order valence-electron chi connectivity index (χ4n) is 2.80. The number of benzene rings is 3. The van der Waals surface area contributed by atoms with Crippen LogP contribution in [-0.2, 0) is 0 Å². The van der Waals surface area contributed by atoms with Crippen LogP contribution in [0.3, 0.4) is 0 Å². The van der Waals surface area contributed by atoms with Gasteiger partial charge in [-0.15, -0.1) is 22.7 Å². The molecule has 0 aliphatic heterocycles. The van der Waals surface area contributed by atoms with E-state index in [9.17, 15) is 4.39 Å². The standard InChI is InChI=1S/C21H13FN4S2/c22-13-7-1-2-8-14(13)25-26-19(20-23-15-9-3-5-11-17(15)27-20)21-24-16-10-4-6-12-18(16)28-21/h1-12,25H. The molecule has 3 aromatic carbocycles. The Balaban J connectivity index is 1.64. The lowest BCUT2D eigenvalue weighted by Crippen LogP contribution is -2.06. The molecular formula is C21H13FN4S2. The third kappa shape index (κ3) is 3.15. The molecule has 136 valence electrons. The van der Waals surface area contributed by atoms with E-state index in [-0.39, 0.29) is 5.82 Å². The highest BCUT2D eigenvalue weighted by molar-refractivity contribution is 7.23. The second-order valence-corrected chi connectivity index (χ2v) is 8.09. The first-order valence-corrected chi connectivity index (χ1v) is 10.2. The van der Waals surface area contributed by atoms with Gasteiger partial charge in [-0.1, -0.05) is 36.4 Å². The molecule has 0 saturated heterocycles. The van der Waals surface area contributed by atoms with Crippen molar-refractivity contribution in [2.45, 2.75) is 0 Å². The van der Waals surface area contributed by atoms with Gasteiger partial charge in [0.2, 0.25) is 0 Å². The molecule has 0 radical (unpaired) electrons. The molecular weight excluding hydrogens is 391 g/mol. The van der Waals surface area contributed by atoms with E-state index in [1.165, 1.54) is 6.07 Å². The Hall–Kier alpha value is -3.16. The first kappa shape index (κ1) is 17.0. The van der Waals surface area contributed by atoms with E-state index in [0.717, 1.165) is 30.4 Å². The first-order chi connectivity index (χ1) is 13.8. The maximum atomic E-state index is 14.0. The summed E-state index contributed by atoms with van der Waals surface area (Å²) in [5.74, 6) is -0.362. The van der Waals surface area contributed by atoms with Crippen molar-refractivity contribution in [2.75, 3.05) is 5.43 Å². The lowest BCUT2D eigenvalue weighted by atomic mass is 10.3. The summed E-state index contributed by atoms with van der Waals surface area (Å²) in [6, 6.07) is 22.3. The number of hydrogen-bond acceptors (Lipinski definition) is 6. The van der Waals surface area contributed by atoms with Crippen LogP contribution in [0.1, 0.15) is 10.0 Å². The van der Waals surface area contributed by atoms with E-state index >= 15 is 0 Å². The van der Waals surface area contributed by atoms with E-state index < -0.39 is 0 Å². The van der Waals surface area contributed by atoms with Crippen molar-refractivity contribution in [3.05, 3.63) is 88.6 Å². The minimum atomic E-state index is -0.362. The van der Waals surface area contributed by atoms with Gasteiger partial charge in [-0.05, 0) is 36.4 Å². The van der Waals surface area contributed by atoms with Crippen molar-refractivity contribution in [1.82, 2.24) is 9.97 Å². The van der Waals surface area contributed by atoms with Crippen molar-refractivity contribution < 1.29 is 4.39 Å². The quantitative estimate of drug-likeness (QED) is 0.299. The van der Waals surface area contributed by atoms with Crippen LogP contribution in [-0.4, -0.2) is 15.7 Å². The van der Waals surface area contributed by atoms with Gasteiger partial charge >= 0.3 is 0 Å². The molecule has 5 aromatic rings. The molecule has 2 heterocycles. The number of anilines is 1. The molecule has 0 fully saturated rings. The molecule has 4 nitrogen and oxygen atoms in total. The van der Waals surface area contributed by atoms with Gasteiger partial charge in [0.1, 0.15) is 15.8 Å². The second kappa shape index (κ2) is 7.10. The zero-order chi connectivity index (χ0) is 18.9. The zero-order valence-corrected chi connectivity index (χ0v) is 16.1. The molecule has 0 spiro atoms. The molecule has 1 N–H and O–H groups in total. The number of halogens is 1. The van der Waals surface area contributed by atoms with Gasteiger partial charge in [-0.3, -0.25) is 5.43 Å². The number of hydrogen-bond donors (Lipinski definition) is 1. The highest BCUT2D eigenvalue weighted by atomic mass is 32.1. The fourth-order valence-corrected chi connectivity index (χ4v) is 4.78. The molecule has 0 aliphatic rings. The predicted octanol–water partition coefficient (Wildman–Crippen LogP) is 5.91. The summed E-state index contributed by atoms with van der Waals surface area (Å²) in [7, 11) is 0. The summed E-state index contributed by atoms with van der Waals surface area (Å²) in [6.45, 7) is 0. The Labute approximate surface area is 168 Å². The number of nitrogens with one attached hydrogen (secondary N) is 1. The number of nitrogens with zero attached hydrogens (tertiary/aromatic N) is 3. The molecule has 5 rings (SSSR count). The Morgan fingerprint density at radius 2 is 1.29 bits per heavy atom. The van der Waals surface area contributed by atoms with Gasteiger partial charge < -0.3 is 0 Å². The van der Waals surface area contributed by atoms with Crippen LogP contribution < -0.4 is 5.43 Å². The molecule has 0 bridgehead atoms. The van der Waals surface area contributed by atoms with Crippen molar-refractivity contribution in [2.24, 2.45) is 5.10 Å². The fraction of sp³-hybridized carbons (Fsp3) is 0. The van der Waals surface area contributed by atoms with Gasteiger partial charge in [0, 0.05) is 0 Å². The molecule has 28 heavy (non-hydrogen) atoms. The minimum absolute atomic E-state index is 0.308. The maximum absolute atomic E-state index is 14.0. The van der Waals surface area contributed by atoms with E-state index in [1.807, 2.05) is 48.5 Å². The van der Waals surface area contributed by atoms with Crippen LogP contribution in [0.4, 0.5) is 10.1 Å². The Kier molecular flexibility index (Phi) is 4.31. The van der Waals surface area contributed by atoms with E-state index in [0.29, 0.717) is 11.4 Å². The van der Waals surface area contributed by atoms with Crippen LogP contribution in [0.15, 0.2) is 77.9 Å². The molecule has 0 aliphatic carbocycles. The summed E-state index contributed by atoms with van der Waals surface area (Å²) in [5, 5.41) is 5.99. The number of rotatable bonds is 4. The number of aromatic nitrogens is 2. The van der Waals surface area contributed by atoms with Gasteiger partial charge in [-0.2, -0.15) is 5.10 Å². The van der Waals surface area contributed by atoms with Gasteiger partial charge in [0.05, 0.1) is 26.1 Å². The van der Waals surface area contributed by atoms with E-state index in [2.05, 4.69) is 10.5 Å². The lowest BCUT2D eigenvalue weighted by Gasteiger charge is -2.04. The summed E-state index contributed by atoms with van der Waals surface area (Å²) in [6.07, 6.45) is 0. The average molecular weight is 404 g/mol. The first-order valence-electron chi connectivity index (χ1n) is 8.58. The summed E-state index contributed by atoms with van der Waals surface area (Å²) < 4.78 is 16.2. The summed E-state index contributed by atoms with van der Waals surface area (Å²) in [4.78, 5) is 9.43. The van der Waals surface area contributed by atoms with Crippen molar-refractivity contribution in [1.29, 1.82) is 0 Å². The molecule has 7 heteroatoms. The zero-order valence-electron chi connectivity index (χ0n) is 14.5. The number of fused-ring (bicyclic) bond motifs is 2. The molecule has 0 saturated carbocycles. The van der Waals surface area contributed by atoms with Crippen LogP contribution >= 0.6 is 22.7 Å². The van der Waals surface area contributed by atoms with Gasteiger partial charge in [0.15, 0.2) is 5.71 Å². The smallest absolute Gasteiger partial charge is 0.155 e. The third-order valence-corrected chi connectivity index (χ3v) is 6.24. The summed E-state index contributed by atoms with van der Waals surface area (Å²) in [5.41, 5.74) is 5.56. The van der Waals surface area contributed by atoms with Crippen LogP contribution in [0, 0.1) is 5.82 Å². The second-order valence-electron chi connectivity index (χ2n) is 6.03. The molecule has 0 unspecified atom stereocenters. The Bertz CT molecular complexity index is 1180. The predicted molar refractivity (Wildman–Crippen MR) is 115 cm³/mol. The summed E-state index contributed by atoms with van der Waals surface area (Å²) >= 11 is 3.08. The SMILES string of the molecule is Fc1ccccc1NN=C(c1nc2ccccc2s1)c1nc2ccccc2s1. The maximum Gasteiger partial charge on any atom is 0.155 e. The van der Waals surface area contributed by atoms with Crippen molar-refractivity contribution >= 4 is 54.5 Å². The third-order valence-electron chi connectivity index (χ3n) is 4.15. The van der Waals surface area contributed by atoms with Gasteiger partial charge in [-0.25, -0.2) is 14.4 Å². The van der Waals surface area contributed by atoms with E-state index in [1.54, 1.807) is 40.9 Å². The average Bonchev–Trinajstić information content (AvgIpc) is 3.33.